The van der Waals surface area contributed by atoms with Crippen LogP contribution in [-0.2, 0) is 6.54 Å². The van der Waals surface area contributed by atoms with Crippen LogP contribution in [0.25, 0.3) is 22.4 Å². The predicted molar refractivity (Wildman–Crippen MR) is 88.1 cm³/mol. The number of benzene rings is 1. The molecule has 6 heteroatoms. The molecule has 120 valence electrons. The average molecular weight is 311 g/mol. The number of fused-ring (bicyclic) bond motifs is 1. The molecule has 0 bridgehead atoms. The van der Waals surface area contributed by atoms with Crippen molar-refractivity contribution in [3.63, 3.8) is 0 Å². The zero-order valence-electron chi connectivity index (χ0n) is 13.4. The number of hydrogen-bond acceptors (Lipinski definition) is 5. The van der Waals surface area contributed by atoms with Crippen LogP contribution in [0.2, 0.25) is 0 Å². The van der Waals surface area contributed by atoms with Crippen LogP contribution in [0.15, 0.2) is 28.8 Å². The minimum Gasteiger partial charge on any atom is -0.339 e. The number of hydrogen-bond donors (Lipinski definition) is 0. The molecule has 3 heterocycles. The third kappa shape index (κ3) is 2.86. The Kier molecular flexibility index (Phi) is 3.83. The van der Waals surface area contributed by atoms with Crippen molar-refractivity contribution in [1.29, 1.82) is 0 Å². The molecule has 0 atom stereocenters. The summed E-state index contributed by atoms with van der Waals surface area (Å²) in [6.07, 6.45) is 3.99. The predicted octanol–water partition coefficient (Wildman–Crippen LogP) is 2.88. The second kappa shape index (κ2) is 6.12. The molecular formula is C17H21N5O. The van der Waals surface area contributed by atoms with Crippen molar-refractivity contribution in [3.8, 4) is 11.5 Å². The van der Waals surface area contributed by atoms with Crippen LogP contribution < -0.4 is 0 Å². The molecule has 1 aromatic carbocycles. The Morgan fingerprint density at radius 1 is 1.09 bits per heavy atom. The summed E-state index contributed by atoms with van der Waals surface area (Å²) in [5.74, 6) is 1.13. The lowest BCUT2D eigenvalue weighted by molar-refractivity contribution is 0.219. The first kappa shape index (κ1) is 14.4. The normalized spacial score (nSPS) is 16.2. The van der Waals surface area contributed by atoms with Gasteiger partial charge in [-0.3, -0.25) is 4.68 Å². The second-order valence-corrected chi connectivity index (χ2v) is 6.13. The van der Waals surface area contributed by atoms with Crippen LogP contribution in [0, 0.1) is 6.92 Å². The Balaban J connectivity index is 1.64. The molecule has 1 saturated heterocycles. The van der Waals surface area contributed by atoms with Gasteiger partial charge in [0.2, 0.25) is 11.7 Å². The van der Waals surface area contributed by atoms with E-state index in [2.05, 4.69) is 31.9 Å². The number of nitrogens with zero attached hydrogens (tertiary/aromatic N) is 5. The molecule has 0 saturated carbocycles. The van der Waals surface area contributed by atoms with Gasteiger partial charge in [0.25, 0.3) is 0 Å². The average Bonchev–Trinajstić information content (AvgIpc) is 3.18. The lowest BCUT2D eigenvalue weighted by Crippen LogP contribution is -2.32. The van der Waals surface area contributed by atoms with Gasteiger partial charge in [-0.2, -0.15) is 10.1 Å². The summed E-state index contributed by atoms with van der Waals surface area (Å²) >= 11 is 0. The number of aromatic nitrogens is 4. The first-order valence-electron chi connectivity index (χ1n) is 8.30. The Hall–Kier alpha value is -2.21. The standard InChI is InChI=1S/C17H21N5O/c1-13-18-17(20-23-13)16-14-7-3-4-8-15(14)22(19-16)12-11-21-9-5-2-6-10-21/h3-4,7-8H,2,5-6,9-12H2,1H3. The number of piperidine rings is 1. The highest BCUT2D eigenvalue weighted by Gasteiger charge is 2.17. The fraction of sp³-hybridized carbons (Fsp3) is 0.471. The molecule has 0 aliphatic carbocycles. The quantitative estimate of drug-likeness (QED) is 0.741. The molecule has 0 spiro atoms. The summed E-state index contributed by atoms with van der Waals surface area (Å²) in [7, 11) is 0. The van der Waals surface area contributed by atoms with E-state index in [4.69, 9.17) is 9.62 Å². The molecule has 1 fully saturated rings. The van der Waals surface area contributed by atoms with Gasteiger partial charge >= 0.3 is 0 Å². The van der Waals surface area contributed by atoms with E-state index in [0.29, 0.717) is 11.7 Å². The summed E-state index contributed by atoms with van der Waals surface area (Å²) in [5.41, 5.74) is 1.93. The Bertz CT molecular complexity index is 800. The van der Waals surface area contributed by atoms with Gasteiger partial charge < -0.3 is 9.42 Å². The fourth-order valence-corrected chi connectivity index (χ4v) is 3.28. The van der Waals surface area contributed by atoms with Crippen molar-refractivity contribution in [1.82, 2.24) is 24.8 Å². The van der Waals surface area contributed by atoms with E-state index in [0.717, 1.165) is 29.7 Å². The summed E-state index contributed by atoms with van der Waals surface area (Å²) in [6, 6.07) is 8.25. The lowest BCUT2D eigenvalue weighted by atomic mass is 10.1. The Morgan fingerprint density at radius 2 is 1.91 bits per heavy atom. The van der Waals surface area contributed by atoms with Gasteiger partial charge in [-0.05, 0) is 32.0 Å². The van der Waals surface area contributed by atoms with Crippen molar-refractivity contribution in [3.05, 3.63) is 30.2 Å². The molecule has 23 heavy (non-hydrogen) atoms. The van der Waals surface area contributed by atoms with Crippen LogP contribution in [0.4, 0.5) is 0 Å². The van der Waals surface area contributed by atoms with Gasteiger partial charge in [-0.1, -0.05) is 29.8 Å². The number of likely N-dealkylation sites (tertiary alicyclic amines) is 1. The van der Waals surface area contributed by atoms with Gasteiger partial charge in [0.1, 0.15) is 5.69 Å². The molecule has 2 aromatic heterocycles. The zero-order valence-corrected chi connectivity index (χ0v) is 13.4. The molecule has 6 nitrogen and oxygen atoms in total. The molecular weight excluding hydrogens is 290 g/mol. The molecule has 0 N–H and O–H groups in total. The molecule has 1 aliphatic rings. The highest BCUT2D eigenvalue weighted by Crippen LogP contribution is 2.26. The number of rotatable bonds is 4. The van der Waals surface area contributed by atoms with E-state index in [9.17, 15) is 0 Å². The van der Waals surface area contributed by atoms with Crippen LogP contribution in [0.5, 0.6) is 0 Å². The highest BCUT2D eigenvalue weighted by molar-refractivity contribution is 5.91. The Labute approximate surface area is 135 Å². The van der Waals surface area contributed by atoms with Crippen LogP contribution in [0.3, 0.4) is 0 Å². The Morgan fingerprint density at radius 3 is 2.70 bits per heavy atom. The monoisotopic (exact) mass is 311 g/mol. The maximum Gasteiger partial charge on any atom is 0.223 e. The van der Waals surface area contributed by atoms with Crippen molar-refractivity contribution in [2.45, 2.75) is 32.7 Å². The maximum absolute atomic E-state index is 5.11. The van der Waals surface area contributed by atoms with Crippen molar-refractivity contribution in [2.75, 3.05) is 19.6 Å². The van der Waals surface area contributed by atoms with E-state index < -0.39 is 0 Å². The minimum absolute atomic E-state index is 0.562. The molecule has 0 unspecified atom stereocenters. The topological polar surface area (TPSA) is 60.0 Å². The highest BCUT2D eigenvalue weighted by atomic mass is 16.5. The van der Waals surface area contributed by atoms with Gasteiger partial charge in [0, 0.05) is 18.9 Å². The maximum atomic E-state index is 5.11. The first-order chi connectivity index (χ1) is 11.3. The van der Waals surface area contributed by atoms with E-state index in [1.54, 1.807) is 6.92 Å². The van der Waals surface area contributed by atoms with Crippen molar-refractivity contribution >= 4 is 10.9 Å². The van der Waals surface area contributed by atoms with Crippen LogP contribution in [-0.4, -0.2) is 44.5 Å². The smallest absolute Gasteiger partial charge is 0.223 e. The SMILES string of the molecule is Cc1nc(-c2nn(CCN3CCCCC3)c3ccccc23)no1. The number of para-hydroxylation sites is 1. The largest absolute Gasteiger partial charge is 0.339 e. The third-order valence-corrected chi connectivity index (χ3v) is 4.47. The van der Waals surface area contributed by atoms with Crippen molar-refractivity contribution < 1.29 is 4.52 Å². The van der Waals surface area contributed by atoms with Gasteiger partial charge in [0.05, 0.1) is 12.1 Å². The van der Waals surface area contributed by atoms with Crippen LogP contribution >= 0.6 is 0 Å². The third-order valence-electron chi connectivity index (χ3n) is 4.47. The first-order valence-corrected chi connectivity index (χ1v) is 8.30. The summed E-state index contributed by atoms with van der Waals surface area (Å²) in [5, 5.41) is 9.87. The van der Waals surface area contributed by atoms with Gasteiger partial charge in [-0.15, -0.1) is 0 Å². The van der Waals surface area contributed by atoms with E-state index >= 15 is 0 Å². The van der Waals surface area contributed by atoms with E-state index in [1.165, 1.54) is 32.4 Å². The molecule has 1 aliphatic heterocycles. The lowest BCUT2D eigenvalue weighted by Gasteiger charge is -2.26. The summed E-state index contributed by atoms with van der Waals surface area (Å²) < 4.78 is 7.19. The van der Waals surface area contributed by atoms with Gasteiger partial charge in [-0.25, -0.2) is 0 Å². The minimum atomic E-state index is 0.562. The van der Waals surface area contributed by atoms with E-state index in [1.807, 2.05) is 12.1 Å². The summed E-state index contributed by atoms with van der Waals surface area (Å²) in [6.45, 7) is 6.13. The number of aryl methyl sites for hydroxylation is 1. The molecule has 4 rings (SSSR count). The summed E-state index contributed by atoms with van der Waals surface area (Å²) in [4.78, 5) is 6.86. The zero-order chi connectivity index (χ0) is 15.6. The van der Waals surface area contributed by atoms with Gasteiger partial charge in [0.15, 0.2) is 0 Å². The molecule has 0 amide bonds. The molecule has 0 radical (unpaired) electrons. The van der Waals surface area contributed by atoms with Crippen molar-refractivity contribution in [2.24, 2.45) is 0 Å². The fourth-order valence-electron chi connectivity index (χ4n) is 3.28. The molecule has 3 aromatic rings. The van der Waals surface area contributed by atoms with E-state index in [-0.39, 0.29) is 0 Å². The second-order valence-electron chi connectivity index (χ2n) is 6.13. The van der Waals surface area contributed by atoms with Crippen LogP contribution in [0.1, 0.15) is 25.2 Å².